The van der Waals surface area contributed by atoms with Crippen molar-refractivity contribution in [2.45, 2.75) is 63.9 Å². The summed E-state index contributed by atoms with van der Waals surface area (Å²) >= 11 is 0. The zero-order valence-electron chi connectivity index (χ0n) is 32.8. The molecule has 59 heavy (non-hydrogen) atoms. The number of aliphatic hydroxyl groups excluding tert-OH is 1. The van der Waals surface area contributed by atoms with E-state index in [0.29, 0.717) is 60.3 Å². The average molecular weight is 799 g/mol. The van der Waals surface area contributed by atoms with Crippen LogP contribution in [0.2, 0.25) is 0 Å². The molecule has 16 heteroatoms. The van der Waals surface area contributed by atoms with Crippen LogP contribution in [0.5, 0.6) is 0 Å². The van der Waals surface area contributed by atoms with Crippen LogP contribution in [0.25, 0.3) is 22.2 Å². The normalized spacial score (nSPS) is 21.4. The summed E-state index contributed by atoms with van der Waals surface area (Å²) in [5.74, 6) is -1.38. The minimum atomic E-state index is -0.993. The fraction of sp³-hybridized carbons (Fsp3) is 0.372. The van der Waals surface area contributed by atoms with Crippen LogP contribution < -0.4 is 15.5 Å². The summed E-state index contributed by atoms with van der Waals surface area (Å²) in [6.07, 6.45) is 5.40. The first-order valence-electron chi connectivity index (χ1n) is 20.2. The van der Waals surface area contributed by atoms with Crippen molar-refractivity contribution in [1.82, 2.24) is 39.8 Å². The molecule has 0 saturated carbocycles. The van der Waals surface area contributed by atoms with Gasteiger partial charge in [0.15, 0.2) is 0 Å². The Balaban J connectivity index is 0.744. The number of aliphatic hydroxyl groups is 1. The smallest absolute Gasteiger partial charge is 0.264 e. The molecular weight excluding hydrogens is 753 g/mol. The molecule has 16 nitrogen and oxygen atoms in total. The SMILES string of the molecule is C[C@H]1C[C@H](O)CN1Cc1nc2ccc(NC(=O)c3ccc(-c4cnn(CCCN5CCN(c6cccc7c6C(=O)N(C6CCC(=O)NC6=O)C7=O)CC5)c4)cc3)cc2[nH]1. The molecule has 304 valence electrons. The van der Waals surface area contributed by atoms with Gasteiger partial charge in [-0.1, -0.05) is 18.2 Å². The molecule has 3 fully saturated rings. The van der Waals surface area contributed by atoms with Gasteiger partial charge in [0.05, 0.1) is 46.7 Å². The molecule has 3 atom stereocenters. The number of aromatic amines is 1. The van der Waals surface area contributed by atoms with Crippen LogP contribution in [0.15, 0.2) is 73.1 Å². The van der Waals surface area contributed by atoms with Crippen LogP contribution in [0, 0.1) is 0 Å². The van der Waals surface area contributed by atoms with Crippen LogP contribution in [0.3, 0.4) is 0 Å². The molecule has 6 heterocycles. The second-order valence-corrected chi connectivity index (χ2v) is 15.9. The second-order valence-electron chi connectivity index (χ2n) is 15.9. The van der Waals surface area contributed by atoms with E-state index < -0.39 is 29.7 Å². The van der Waals surface area contributed by atoms with Gasteiger partial charge >= 0.3 is 0 Å². The lowest BCUT2D eigenvalue weighted by atomic mass is 10.0. The first-order chi connectivity index (χ1) is 28.6. The molecule has 2 aromatic heterocycles. The van der Waals surface area contributed by atoms with Crippen LogP contribution >= 0.6 is 0 Å². The number of carbonyl (C=O) groups excluding carboxylic acids is 5. The number of hydrogen-bond donors (Lipinski definition) is 4. The number of carbonyl (C=O) groups is 5. The molecule has 4 N–H and O–H groups in total. The Hall–Kier alpha value is -6.23. The van der Waals surface area contributed by atoms with Gasteiger partial charge in [-0.3, -0.25) is 48.7 Å². The van der Waals surface area contributed by atoms with Crippen molar-refractivity contribution in [3.8, 4) is 11.1 Å². The van der Waals surface area contributed by atoms with Gasteiger partial charge in [0.1, 0.15) is 11.9 Å². The van der Waals surface area contributed by atoms with Gasteiger partial charge in [-0.05, 0) is 74.2 Å². The second kappa shape index (κ2) is 15.8. The monoisotopic (exact) mass is 798 g/mol. The third-order valence-electron chi connectivity index (χ3n) is 12.0. The van der Waals surface area contributed by atoms with E-state index in [-0.39, 0.29) is 24.9 Å². The maximum atomic E-state index is 13.6. The minimum Gasteiger partial charge on any atom is -0.392 e. The number of aromatic nitrogens is 4. The van der Waals surface area contributed by atoms with Gasteiger partial charge < -0.3 is 20.3 Å². The summed E-state index contributed by atoms with van der Waals surface area (Å²) in [5.41, 5.74) is 6.11. The van der Waals surface area contributed by atoms with Crippen molar-refractivity contribution in [1.29, 1.82) is 0 Å². The third kappa shape index (κ3) is 7.73. The van der Waals surface area contributed by atoms with Gasteiger partial charge in [-0.2, -0.15) is 5.10 Å². The first kappa shape index (κ1) is 38.3. The van der Waals surface area contributed by atoms with E-state index in [0.717, 1.165) is 71.9 Å². The summed E-state index contributed by atoms with van der Waals surface area (Å²) in [7, 11) is 0. The molecule has 4 aliphatic heterocycles. The zero-order valence-corrected chi connectivity index (χ0v) is 32.8. The Labute approximate surface area is 340 Å². The third-order valence-corrected chi connectivity index (χ3v) is 12.0. The molecule has 0 radical (unpaired) electrons. The molecule has 5 amide bonds. The number of imide groups is 2. The lowest BCUT2D eigenvalue weighted by molar-refractivity contribution is -0.136. The van der Waals surface area contributed by atoms with Gasteiger partial charge in [-0.25, -0.2) is 4.98 Å². The quantitative estimate of drug-likeness (QED) is 0.144. The number of anilines is 2. The summed E-state index contributed by atoms with van der Waals surface area (Å²) in [5, 5.41) is 19.8. The Morgan fingerprint density at radius 3 is 2.53 bits per heavy atom. The summed E-state index contributed by atoms with van der Waals surface area (Å²) in [6.45, 7) is 7.93. The first-order valence-corrected chi connectivity index (χ1v) is 20.2. The number of piperidine rings is 1. The van der Waals surface area contributed by atoms with Gasteiger partial charge in [0.2, 0.25) is 11.8 Å². The number of fused-ring (bicyclic) bond motifs is 2. The van der Waals surface area contributed by atoms with E-state index in [4.69, 9.17) is 4.98 Å². The lowest BCUT2D eigenvalue weighted by Gasteiger charge is -2.36. The van der Waals surface area contributed by atoms with Crippen LogP contribution in [0.1, 0.15) is 69.5 Å². The molecule has 4 aliphatic rings. The number of imidazole rings is 1. The fourth-order valence-corrected chi connectivity index (χ4v) is 8.78. The van der Waals surface area contributed by atoms with E-state index in [1.807, 2.05) is 65.6 Å². The zero-order chi connectivity index (χ0) is 40.8. The highest BCUT2D eigenvalue weighted by molar-refractivity contribution is 6.25. The summed E-state index contributed by atoms with van der Waals surface area (Å²) in [4.78, 5) is 80.0. The predicted molar refractivity (Wildman–Crippen MR) is 219 cm³/mol. The number of benzene rings is 3. The number of nitrogens with zero attached hydrogens (tertiary/aromatic N) is 7. The number of H-pyrrole nitrogens is 1. The molecule has 5 aromatic rings. The van der Waals surface area contributed by atoms with Crippen molar-refractivity contribution in [2.75, 3.05) is 49.5 Å². The van der Waals surface area contributed by atoms with Crippen molar-refractivity contribution in [3.05, 3.63) is 95.6 Å². The van der Waals surface area contributed by atoms with E-state index in [9.17, 15) is 29.1 Å². The number of amides is 5. The highest BCUT2D eigenvalue weighted by Gasteiger charge is 2.46. The van der Waals surface area contributed by atoms with Crippen molar-refractivity contribution in [2.24, 2.45) is 0 Å². The van der Waals surface area contributed by atoms with Crippen molar-refractivity contribution < 1.29 is 29.1 Å². The number of nitrogens with one attached hydrogen (secondary N) is 3. The lowest BCUT2D eigenvalue weighted by Crippen LogP contribution is -2.54. The maximum absolute atomic E-state index is 13.6. The maximum Gasteiger partial charge on any atom is 0.264 e. The summed E-state index contributed by atoms with van der Waals surface area (Å²) in [6, 6.07) is 17.7. The number of rotatable bonds is 11. The van der Waals surface area contributed by atoms with Crippen molar-refractivity contribution >= 4 is 51.9 Å². The van der Waals surface area contributed by atoms with E-state index in [1.54, 1.807) is 12.1 Å². The van der Waals surface area contributed by atoms with Crippen LogP contribution in [-0.2, 0) is 22.7 Å². The number of aryl methyl sites for hydroxylation is 1. The number of likely N-dealkylation sites (tertiary alicyclic amines) is 1. The molecule has 9 rings (SSSR count). The van der Waals surface area contributed by atoms with E-state index in [1.165, 1.54) is 0 Å². The molecule has 1 unspecified atom stereocenters. The Morgan fingerprint density at radius 2 is 1.76 bits per heavy atom. The molecule has 0 spiro atoms. The molecule has 3 saturated heterocycles. The number of hydrogen-bond acceptors (Lipinski definition) is 11. The highest BCUT2D eigenvalue weighted by atomic mass is 16.3. The predicted octanol–water partition coefficient (Wildman–Crippen LogP) is 3.25. The minimum absolute atomic E-state index is 0.0811. The Bertz CT molecular complexity index is 2450. The van der Waals surface area contributed by atoms with Gasteiger partial charge in [0, 0.05) is 81.3 Å². The average Bonchev–Trinajstić information content (AvgIpc) is 4.00. The molecular formula is C43H46N10O6. The summed E-state index contributed by atoms with van der Waals surface area (Å²) < 4.78 is 1.93. The van der Waals surface area contributed by atoms with Crippen LogP contribution in [0.4, 0.5) is 11.4 Å². The Morgan fingerprint density at radius 1 is 0.949 bits per heavy atom. The van der Waals surface area contributed by atoms with E-state index in [2.05, 4.69) is 42.3 Å². The standard InChI is InChI=1S/C43H46N10O6/c1-26-20-31(54)24-51(26)25-37-46-33-11-10-30(21-34(33)47-37)45-40(56)28-8-6-27(7-9-28)29-22-44-52(23-29)15-3-14-49-16-18-50(19-17-49)35-5-2-4-32-39(35)43(59)53(42(32)58)36-12-13-38(55)48-41(36)57/h2,4-11,21-23,26,31,36,54H,3,12-20,24-25H2,1H3,(H,45,56)(H,46,47)(H,48,55,57)/t26-,31-,36?/m0/s1. The molecule has 0 aliphatic carbocycles. The van der Waals surface area contributed by atoms with Gasteiger partial charge in [0.25, 0.3) is 17.7 Å². The molecule has 3 aromatic carbocycles. The van der Waals surface area contributed by atoms with Crippen LogP contribution in [-0.4, -0.2) is 127 Å². The van der Waals surface area contributed by atoms with E-state index >= 15 is 0 Å². The molecule has 0 bridgehead atoms. The highest BCUT2D eigenvalue weighted by Crippen LogP contribution is 2.35. The topological polar surface area (TPSA) is 189 Å². The fourth-order valence-electron chi connectivity index (χ4n) is 8.78. The van der Waals surface area contributed by atoms with Crippen molar-refractivity contribution in [3.63, 3.8) is 0 Å². The van der Waals surface area contributed by atoms with Gasteiger partial charge in [-0.15, -0.1) is 0 Å². The largest absolute Gasteiger partial charge is 0.392 e. The number of β-amino-alcohol motifs (C(OH)–C–C–N with tert-alkyl or cyclic N) is 1. The number of piperazine rings is 1. The Kier molecular flexibility index (Phi) is 10.3.